The Kier molecular flexibility index (Phi) is 5.15. The zero-order chi connectivity index (χ0) is 16.3. The van der Waals surface area contributed by atoms with Crippen LogP contribution in [-0.2, 0) is 16.1 Å². The van der Waals surface area contributed by atoms with Crippen LogP contribution in [0.15, 0.2) is 24.3 Å². The van der Waals surface area contributed by atoms with E-state index in [0.717, 1.165) is 11.3 Å². The van der Waals surface area contributed by atoms with Crippen LogP contribution < -0.4 is 10.6 Å². The van der Waals surface area contributed by atoms with Crippen LogP contribution in [0.1, 0.15) is 47.1 Å². The van der Waals surface area contributed by atoms with E-state index < -0.39 is 10.8 Å². The number of amides is 2. The molecule has 0 unspecified atom stereocenters. The van der Waals surface area contributed by atoms with Gasteiger partial charge in [-0.1, -0.05) is 53.7 Å². The van der Waals surface area contributed by atoms with E-state index in [2.05, 4.69) is 10.6 Å². The summed E-state index contributed by atoms with van der Waals surface area (Å²) in [5, 5.41) is 5.79. The van der Waals surface area contributed by atoms with Gasteiger partial charge in [-0.3, -0.25) is 9.59 Å². The average Bonchev–Trinajstić information content (AvgIpc) is 2.34. The lowest BCUT2D eigenvalue weighted by molar-refractivity contribution is -0.128. The summed E-state index contributed by atoms with van der Waals surface area (Å²) in [6, 6.07) is 7.53. The first-order valence-electron chi connectivity index (χ1n) is 7.19. The van der Waals surface area contributed by atoms with Crippen LogP contribution in [0, 0.1) is 10.8 Å². The van der Waals surface area contributed by atoms with Crippen LogP contribution in [0.5, 0.6) is 0 Å². The second-order valence-corrected chi connectivity index (χ2v) is 7.34. The standard InChI is InChI=1S/C17H26N2O2/c1-16(2,3)14(20)18-11-12-8-7-9-13(10-12)19-15(21)17(4,5)6/h7-10H,11H2,1-6H3,(H,18,20)(H,19,21). The zero-order valence-electron chi connectivity index (χ0n) is 13.8. The minimum Gasteiger partial charge on any atom is -0.352 e. The number of rotatable bonds is 3. The number of nitrogens with one attached hydrogen (secondary N) is 2. The van der Waals surface area contributed by atoms with Gasteiger partial charge in [0.05, 0.1) is 0 Å². The average molecular weight is 290 g/mol. The van der Waals surface area contributed by atoms with Crippen molar-refractivity contribution in [2.24, 2.45) is 10.8 Å². The smallest absolute Gasteiger partial charge is 0.229 e. The maximum absolute atomic E-state index is 12.0. The highest BCUT2D eigenvalue weighted by molar-refractivity contribution is 5.94. The van der Waals surface area contributed by atoms with Gasteiger partial charge in [-0.25, -0.2) is 0 Å². The van der Waals surface area contributed by atoms with Crippen molar-refractivity contribution in [2.45, 2.75) is 48.1 Å². The van der Waals surface area contributed by atoms with Crippen LogP contribution in [-0.4, -0.2) is 11.8 Å². The van der Waals surface area contributed by atoms with E-state index in [1.807, 2.05) is 65.8 Å². The van der Waals surface area contributed by atoms with Gasteiger partial charge in [0.25, 0.3) is 0 Å². The summed E-state index contributed by atoms with van der Waals surface area (Å²) in [6.07, 6.45) is 0. The fourth-order valence-corrected chi connectivity index (χ4v) is 1.53. The Balaban J connectivity index is 2.69. The molecule has 2 amide bonds. The van der Waals surface area contributed by atoms with E-state index in [9.17, 15) is 9.59 Å². The first-order chi connectivity index (χ1) is 9.50. The lowest BCUT2D eigenvalue weighted by Crippen LogP contribution is -2.34. The van der Waals surface area contributed by atoms with Gasteiger partial charge in [0.15, 0.2) is 0 Å². The molecule has 0 fully saturated rings. The lowest BCUT2D eigenvalue weighted by Gasteiger charge is -2.19. The molecule has 2 N–H and O–H groups in total. The van der Waals surface area contributed by atoms with Gasteiger partial charge < -0.3 is 10.6 Å². The molecule has 0 aromatic heterocycles. The summed E-state index contributed by atoms with van der Waals surface area (Å²) in [4.78, 5) is 23.8. The molecule has 0 saturated carbocycles. The van der Waals surface area contributed by atoms with E-state index >= 15 is 0 Å². The molecule has 21 heavy (non-hydrogen) atoms. The Bertz CT molecular complexity index is 522. The molecular formula is C17H26N2O2. The summed E-state index contributed by atoms with van der Waals surface area (Å²) >= 11 is 0. The minimum absolute atomic E-state index is 0.00614. The number of benzene rings is 1. The Morgan fingerprint density at radius 1 is 0.952 bits per heavy atom. The van der Waals surface area contributed by atoms with Crippen molar-refractivity contribution in [2.75, 3.05) is 5.32 Å². The number of anilines is 1. The van der Waals surface area contributed by atoms with Crippen molar-refractivity contribution < 1.29 is 9.59 Å². The summed E-state index contributed by atoms with van der Waals surface area (Å²) in [5.74, 6) is -0.0231. The predicted molar refractivity (Wildman–Crippen MR) is 85.8 cm³/mol. The van der Waals surface area contributed by atoms with Crippen LogP contribution in [0.3, 0.4) is 0 Å². The predicted octanol–water partition coefficient (Wildman–Crippen LogP) is 3.33. The third-order valence-electron chi connectivity index (χ3n) is 3.00. The van der Waals surface area contributed by atoms with Gasteiger partial charge in [-0.05, 0) is 17.7 Å². The summed E-state index contributed by atoms with van der Waals surface area (Å²) in [6.45, 7) is 11.7. The van der Waals surface area contributed by atoms with Crippen molar-refractivity contribution >= 4 is 17.5 Å². The fourth-order valence-electron chi connectivity index (χ4n) is 1.53. The highest BCUT2D eigenvalue weighted by Crippen LogP contribution is 2.18. The number of carbonyl (C=O) groups excluding carboxylic acids is 2. The largest absolute Gasteiger partial charge is 0.352 e. The lowest BCUT2D eigenvalue weighted by atomic mass is 9.95. The summed E-state index contributed by atoms with van der Waals surface area (Å²) < 4.78 is 0. The van der Waals surface area contributed by atoms with E-state index in [-0.39, 0.29) is 11.8 Å². The fraction of sp³-hybridized carbons (Fsp3) is 0.529. The monoisotopic (exact) mass is 290 g/mol. The van der Waals surface area contributed by atoms with Crippen molar-refractivity contribution in [1.29, 1.82) is 0 Å². The van der Waals surface area contributed by atoms with Gasteiger partial charge in [0.2, 0.25) is 11.8 Å². The van der Waals surface area contributed by atoms with Crippen LogP contribution in [0.4, 0.5) is 5.69 Å². The molecule has 0 aliphatic rings. The summed E-state index contributed by atoms with van der Waals surface area (Å²) in [7, 11) is 0. The first-order valence-corrected chi connectivity index (χ1v) is 7.19. The third kappa shape index (κ3) is 5.58. The molecule has 1 aromatic carbocycles. The highest BCUT2D eigenvalue weighted by atomic mass is 16.2. The van der Waals surface area contributed by atoms with Gasteiger partial charge in [0.1, 0.15) is 0 Å². The number of carbonyl (C=O) groups is 2. The number of hydrogen-bond donors (Lipinski definition) is 2. The molecule has 0 spiro atoms. The van der Waals surface area contributed by atoms with Gasteiger partial charge >= 0.3 is 0 Å². The van der Waals surface area contributed by atoms with Gasteiger partial charge in [-0.15, -0.1) is 0 Å². The van der Waals surface area contributed by atoms with Crippen molar-refractivity contribution in [3.8, 4) is 0 Å². The highest BCUT2D eigenvalue weighted by Gasteiger charge is 2.22. The van der Waals surface area contributed by atoms with Crippen LogP contribution in [0.2, 0.25) is 0 Å². The Morgan fingerprint density at radius 3 is 2.05 bits per heavy atom. The Morgan fingerprint density at radius 2 is 1.52 bits per heavy atom. The minimum atomic E-state index is -0.434. The zero-order valence-corrected chi connectivity index (χ0v) is 13.8. The van der Waals surface area contributed by atoms with E-state index in [4.69, 9.17) is 0 Å². The molecule has 0 saturated heterocycles. The van der Waals surface area contributed by atoms with Gasteiger partial charge in [0, 0.05) is 23.1 Å². The topological polar surface area (TPSA) is 58.2 Å². The van der Waals surface area contributed by atoms with E-state index in [1.54, 1.807) is 0 Å². The van der Waals surface area contributed by atoms with Crippen LogP contribution >= 0.6 is 0 Å². The third-order valence-corrected chi connectivity index (χ3v) is 3.00. The molecule has 0 bridgehead atoms. The molecule has 0 atom stereocenters. The Labute approximate surface area is 127 Å². The normalized spacial score (nSPS) is 11.9. The molecule has 116 valence electrons. The first kappa shape index (κ1) is 17.2. The van der Waals surface area contributed by atoms with Crippen molar-refractivity contribution in [3.05, 3.63) is 29.8 Å². The second kappa shape index (κ2) is 6.29. The molecule has 0 radical (unpaired) electrons. The Hall–Kier alpha value is -1.84. The molecule has 4 nitrogen and oxygen atoms in total. The quantitative estimate of drug-likeness (QED) is 0.897. The maximum atomic E-state index is 12.0. The molecule has 4 heteroatoms. The molecule has 0 heterocycles. The summed E-state index contributed by atoms with van der Waals surface area (Å²) in [5.41, 5.74) is 0.867. The van der Waals surface area contributed by atoms with Crippen molar-refractivity contribution in [3.63, 3.8) is 0 Å². The molecular weight excluding hydrogens is 264 g/mol. The van der Waals surface area contributed by atoms with Crippen molar-refractivity contribution in [1.82, 2.24) is 5.32 Å². The van der Waals surface area contributed by atoms with Gasteiger partial charge in [-0.2, -0.15) is 0 Å². The SMILES string of the molecule is CC(C)(C)C(=O)NCc1cccc(NC(=O)C(C)(C)C)c1. The molecule has 1 aromatic rings. The molecule has 1 rings (SSSR count). The van der Waals surface area contributed by atoms with Crippen LogP contribution in [0.25, 0.3) is 0 Å². The number of hydrogen-bond acceptors (Lipinski definition) is 2. The maximum Gasteiger partial charge on any atom is 0.229 e. The van der Waals surface area contributed by atoms with E-state index in [0.29, 0.717) is 6.54 Å². The molecule has 0 aliphatic carbocycles. The molecule has 0 aliphatic heterocycles. The second-order valence-electron chi connectivity index (χ2n) is 7.34. The van der Waals surface area contributed by atoms with E-state index in [1.165, 1.54) is 0 Å².